The van der Waals surface area contributed by atoms with E-state index in [1.54, 1.807) is 0 Å². The maximum atomic E-state index is 2.22. The van der Waals surface area contributed by atoms with Gasteiger partial charge in [0.2, 0.25) is 5.52 Å². The molecule has 2 aromatic rings. The molecule has 2 rings (SSSR count). The molecule has 13 heavy (non-hydrogen) atoms. The predicted octanol–water partition coefficient (Wildman–Crippen LogP) is 2.64. The highest BCUT2D eigenvalue weighted by Crippen LogP contribution is 2.10. The highest BCUT2D eigenvalue weighted by molar-refractivity contribution is 7.92. The first-order chi connectivity index (χ1) is 6.42. The lowest BCUT2D eigenvalue weighted by Gasteiger charge is -1.95. The second-order valence-corrected chi connectivity index (χ2v) is 4.04. The molecule has 0 saturated carbocycles. The van der Waals surface area contributed by atoms with Crippen LogP contribution in [-0.4, -0.2) is 5.75 Å². The molecule has 0 aliphatic rings. The molecular formula is C11H12NS+. The fourth-order valence-corrected chi connectivity index (χ4v) is 2.13. The van der Waals surface area contributed by atoms with Crippen LogP contribution in [0.1, 0.15) is 6.92 Å². The van der Waals surface area contributed by atoms with Crippen LogP contribution in [0.3, 0.4) is 0 Å². The topological polar surface area (TPSA) is 3.88 Å². The highest BCUT2D eigenvalue weighted by atomic mass is 32.2. The van der Waals surface area contributed by atoms with Gasteiger partial charge in [-0.3, -0.25) is 0 Å². The van der Waals surface area contributed by atoms with E-state index in [2.05, 4.69) is 53.5 Å². The van der Waals surface area contributed by atoms with Gasteiger partial charge in [-0.2, -0.15) is 0 Å². The molecule has 0 aliphatic carbocycles. The molecule has 0 bridgehead atoms. The number of hydrogen-bond donors (Lipinski definition) is 0. The van der Waals surface area contributed by atoms with Crippen molar-refractivity contribution in [3.63, 3.8) is 0 Å². The number of para-hydroxylation sites is 1. The monoisotopic (exact) mass is 190 g/mol. The molecule has 2 heteroatoms. The van der Waals surface area contributed by atoms with Gasteiger partial charge in [-0.05, 0) is 12.1 Å². The summed E-state index contributed by atoms with van der Waals surface area (Å²) in [7, 11) is 0. The van der Waals surface area contributed by atoms with Crippen LogP contribution in [0.25, 0.3) is 10.9 Å². The lowest BCUT2D eigenvalue weighted by Crippen LogP contribution is -2.25. The van der Waals surface area contributed by atoms with Crippen LogP contribution in [0.2, 0.25) is 0 Å². The Morgan fingerprint density at radius 1 is 1.15 bits per heavy atom. The van der Waals surface area contributed by atoms with Gasteiger partial charge in [-0.25, -0.2) is 0 Å². The van der Waals surface area contributed by atoms with Crippen LogP contribution in [-0.2, 0) is 0 Å². The van der Waals surface area contributed by atoms with Gasteiger partial charge in [-0.15, -0.1) is 3.97 Å². The summed E-state index contributed by atoms with van der Waals surface area (Å²) in [5.74, 6) is 1.10. The Kier molecular flexibility index (Phi) is 2.50. The zero-order valence-electron chi connectivity index (χ0n) is 7.60. The Hall–Kier alpha value is -1.02. The van der Waals surface area contributed by atoms with Crippen molar-refractivity contribution >= 4 is 22.9 Å². The van der Waals surface area contributed by atoms with Crippen molar-refractivity contribution in [2.75, 3.05) is 5.75 Å². The number of aromatic nitrogens is 1. The summed E-state index contributed by atoms with van der Waals surface area (Å²) in [5.41, 5.74) is 1.29. The Morgan fingerprint density at radius 3 is 2.77 bits per heavy atom. The van der Waals surface area contributed by atoms with Crippen molar-refractivity contribution in [1.82, 2.24) is 0 Å². The van der Waals surface area contributed by atoms with Gasteiger partial charge < -0.3 is 0 Å². The summed E-state index contributed by atoms with van der Waals surface area (Å²) in [6.07, 6.45) is 2.11. The van der Waals surface area contributed by atoms with Crippen LogP contribution in [0.15, 0.2) is 42.6 Å². The van der Waals surface area contributed by atoms with E-state index in [1.807, 2.05) is 11.9 Å². The maximum Gasteiger partial charge on any atom is 0.226 e. The molecule has 0 saturated heterocycles. The van der Waals surface area contributed by atoms with Crippen LogP contribution < -0.4 is 3.97 Å². The standard InChI is InChI=1S/C11H12NS/c1-2-13-12-9-5-7-10-6-3-4-8-11(10)12/h3-9H,2H2,1H3/q+1. The average molecular weight is 190 g/mol. The fraction of sp³-hybridized carbons (Fsp3) is 0.182. The molecule has 1 nitrogen and oxygen atoms in total. The summed E-state index contributed by atoms with van der Waals surface area (Å²) in [6.45, 7) is 2.17. The zero-order valence-corrected chi connectivity index (χ0v) is 8.42. The number of hydrogen-bond acceptors (Lipinski definition) is 1. The zero-order chi connectivity index (χ0) is 9.10. The molecule has 0 radical (unpaired) electrons. The van der Waals surface area contributed by atoms with E-state index >= 15 is 0 Å². The summed E-state index contributed by atoms with van der Waals surface area (Å²) >= 11 is 1.82. The number of benzene rings is 1. The average Bonchev–Trinajstić information content (AvgIpc) is 2.19. The van der Waals surface area contributed by atoms with Crippen molar-refractivity contribution in [3.8, 4) is 0 Å². The molecule has 1 aromatic heterocycles. The maximum absolute atomic E-state index is 2.22. The normalized spacial score (nSPS) is 10.5. The van der Waals surface area contributed by atoms with E-state index in [0.717, 1.165) is 5.75 Å². The lowest BCUT2D eigenvalue weighted by molar-refractivity contribution is -0.463. The van der Waals surface area contributed by atoms with E-state index in [-0.39, 0.29) is 0 Å². The molecule has 0 unspecified atom stereocenters. The van der Waals surface area contributed by atoms with Gasteiger partial charge in [0.05, 0.1) is 5.75 Å². The third-order valence-electron chi connectivity index (χ3n) is 1.94. The summed E-state index contributed by atoms with van der Waals surface area (Å²) in [6, 6.07) is 12.7. The molecule has 0 spiro atoms. The molecular weight excluding hydrogens is 178 g/mol. The molecule has 0 aliphatic heterocycles. The number of nitrogens with zero attached hydrogens (tertiary/aromatic N) is 1. The summed E-state index contributed by atoms with van der Waals surface area (Å²) in [5, 5.41) is 1.30. The summed E-state index contributed by atoms with van der Waals surface area (Å²) < 4.78 is 2.22. The molecule has 0 fully saturated rings. The van der Waals surface area contributed by atoms with E-state index in [4.69, 9.17) is 0 Å². The molecule has 1 aromatic carbocycles. The van der Waals surface area contributed by atoms with E-state index < -0.39 is 0 Å². The second-order valence-electron chi connectivity index (χ2n) is 2.81. The third-order valence-corrected chi connectivity index (χ3v) is 2.79. The van der Waals surface area contributed by atoms with Gasteiger partial charge in [0, 0.05) is 17.5 Å². The smallest absolute Gasteiger partial charge is 0.126 e. The van der Waals surface area contributed by atoms with Crippen molar-refractivity contribution in [2.45, 2.75) is 6.92 Å². The molecule has 0 amide bonds. The SMILES string of the molecule is CCS[n+]1cccc2ccccc21. The molecule has 0 N–H and O–H groups in total. The number of rotatable bonds is 2. The van der Waals surface area contributed by atoms with Gasteiger partial charge in [-0.1, -0.05) is 19.1 Å². The fourth-order valence-electron chi connectivity index (χ4n) is 1.39. The first-order valence-electron chi connectivity index (χ1n) is 4.44. The van der Waals surface area contributed by atoms with Crippen molar-refractivity contribution in [3.05, 3.63) is 42.6 Å². The minimum Gasteiger partial charge on any atom is -0.126 e. The Balaban J connectivity index is 2.61. The van der Waals surface area contributed by atoms with Crippen LogP contribution in [0, 0.1) is 0 Å². The Bertz CT molecular complexity index is 406. The first kappa shape index (κ1) is 8.57. The largest absolute Gasteiger partial charge is 0.226 e. The second kappa shape index (κ2) is 3.79. The van der Waals surface area contributed by atoms with E-state index in [9.17, 15) is 0 Å². The number of pyridine rings is 1. The van der Waals surface area contributed by atoms with Crippen LogP contribution in [0.4, 0.5) is 0 Å². The first-order valence-corrected chi connectivity index (χ1v) is 5.39. The Morgan fingerprint density at radius 2 is 1.92 bits per heavy atom. The van der Waals surface area contributed by atoms with Crippen molar-refractivity contribution < 1.29 is 3.97 Å². The van der Waals surface area contributed by atoms with Gasteiger partial charge in [0.15, 0.2) is 18.1 Å². The van der Waals surface area contributed by atoms with Gasteiger partial charge >= 0.3 is 0 Å². The summed E-state index contributed by atoms with van der Waals surface area (Å²) in [4.78, 5) is 0. The lowest BCUT2D eigenvalue weighted by atomic mass is 10.2. The van der Waals surface area contributed by atoms with Crippen LogP contribution in [0.5, 0.6) is 0 Å². The van der Waals surface area contributed by atoms with E-state index in [1.165, 1.54) is 10.9 Å². The molecule has 66 valence electrons. The molecule has 0 atom stereocenters. The minimum atomic E-state index is 1.10. The van der Waals surface area contributed by atoms with Crippen LogP contribution >= 0.6 is 11.9 Å². The van der Waals surface area contributed by atoms with Crippen molar-refractivity contribution in [2.24, 2.45) is 0 Å². The molecule has 1 heterocycles. The number of fused-ring (bicyclic) bond motifs is 1. The van der Waals surface area contributed by atoms with Crippen molar-refractivity contribution in [1.29, 1.82) is 0 Å². The Labute approximate surface area is 82.5 Å². The van der Waals surface area contributed by atoms with Gasteiger partial charge in [0.25, 0.3) is 0 Å². The van der Waals surface area contributed by atoms with Gasteiger partial charge in [0.1, 0.15) is 0 Å². The quantitative estimate of drug-likeness (QED) is 0.658. The minimum absolute atomic E-state index is 1.10. The third kappa shape index (κ3) is 1.68. The predicted molar refractivity (Wildman–Crippen MR) is 57.7 cm³/mol. The highest BCUT2D eigenvalue weighted by Gasteiger charge is 2.06. The van der Waals surface area contributed by atoms with E-state index in [0.29, 0.717) is 0 Å².